The Kier molecular flexibility index (Phi) is 4.46. The number of rotatable bonds is 3. The number of hydrogen-bond acceptors (Lipinski definition) is 4. The van der Waals surface area contributed by atoms with Gasteiger partial charge in [-0.1, -0.05) is 48.5 Å². The first-order chi connectivity index (χ1) is 12.7. The van der Waals surface area contributed by atoms with Crippen molar-refractivity contribution in [1.82, 2.24) is 5.32 Å². The lowest BCUT2D eigenvalue weighted by atomic mass is 10.1. The van der Waals surface area contributed by atoms with E-state index in [1.807, 2.05) is 60.7 Å². The van der Waals surface area contributed by atoms with Crippen LogP contribution >= 0.6 is 11.8 Å². The summed E-state index contributed by atoms with van der Waals surface area (Å²) < 4.78 is 5.15. The van der Waals surface area contributed by atoms with Gasteiger partial charge in [0.15, 0.2) is 5.17 Å². The minimum Gasteiger partial charge on any atom is -0.497 e. The second-order valence-corrected chi connectivity index (χ2v) is 6.78. The molecule has 3 aromatic carbocycles. The first-order valence-electron chi connectivity index (χ1n) is 8.14. The third-order valence-corrected chi connectivity index (χ3v) is 4.96. The van der Waals surface area contributed by atoms with E-state index in [1.54, 1.807) is 7.11 Å². The summed E-state index contributed by atoms with van der Waals surface area (Å²) >= 11 is 1.35. The number of methoxy groups -OCH3 is 1. The number of benzene rings is 3. The molecule has 1 aliphatic rings. The zero-order chi connectivity index (χ0) is 17.9. The minimum absolute atomic E-state index is 0.134. The Hall–Kier alpha value is -3.05. The van der Waals surface area contributed by atoms with E-state index in [-0.39, 0.29) is 5.91 Å². The number of hydrogen-bond donors (Lipinski definition) is 1. The van der Waals surface area contributed by atoms with Crippen LogP contribution in [-0.4, -0.2) is 18.2 Å². The monoisotopic (exact) mass is 360 g/mol. The van der Waals surface area contributed by atoms with Gasteiger partial charge in [0.1, 0.15) is 5.75 Å². The largest absolute Gasteiger partial charge is 0.497 e. The average Bonchev–Trinajstić information content (AvgIpc) is 3.01. The molecule has 0 unspecified atom stereocenters. The molecule has 0 saturated carbocycles. The van der Waals surface area contributed by atoms with Crippen molar-refractivity contribution in [2.45, 2.75) is 0 Å². The molecule has 1 N–H and O–H groups in total. The van der Waals surface area contributed by atoms with Gasteiger partial charge in [-0.25, -0.2) is 4.99 Å². The molecule has 1 fully saturated rings. The van der Waals surface area contributed by atoms with Gasteiger partial charge >= 0.3 is 0 Å². The van der Waals surface area contributed by atoms with Gasteiger partial charge in [-0.3, -0.25) is 4.79 Å². The molecular formula is C21H16N2O2S. The van der Waals surface area contributed by atoms with E-state index in [1.165, 1.54) is 11.8 Å². The number of carbonyl (C=O) groups excluding carboxylic acids is 1. The SMILES string of the molecule is COc1ccc(/C=C2\SC(=Nc3cccc4ccccc34)NC2=O)cc1. The molecule has 1 saturated heterocycles. The Morgan fingerprint density at radius 2 is 1.77 bits per heavy atom. The summed E-state index contributed by atoms with van der Waals surface area (Å²) in [5, 5.41) is 5.61. The number of nitrogens with one attached hydrogen (secondary N) is 1. The molecule has 26 heavy (non-hydrogen) atoms. The third-order valence-electron chi connectivity index (χ3n) is 4.05. The highest BCUT2D eigenvalue weighted by Crippen LogP contribution is 2.31. The number of ether oxygens (including phenoxy) is 1. The molecule has 0 aromatic heterocycles. The molecule has 4 nitrogen and oxygen atoms in total. The molecule has 3 aromatic rings. The van der Waals surface area contributed by atoms with Gasteiger partial charge < -0.3 is 10.1 Å². The number of fused-ring (bicyclic) bond motifs is 1. The van der Waals surface area contributed by atoms with Gasteiger partial charge in [-0.15, -0.1) is 0 Å². The van der Waals surface area contributed by atoms with Crippen molar-refractivity contribution in [3.8, 4) is 5.75 Å². The van der Waals surface area contributed by atoms with Crippen LogP contribution < -0.4 is 10.1 Å². The molecule has 4 rings (SSSR count). The van der Waals surface area contributed by atoms with Crippen molar-refractivity contribution in [1.29, 1.82) is 0 Å². The Morgan fingerprint density at radius 1 is 1.00 bits per heavy atom. The number of carbonyl (C=O) groups is 1. The van der Waals surface area contributed by atoms with Crippen LogP contribution in [0, 0.1) is 0 Å². The summed E-state index contributed by atoms with van der Waals surface area (Å²) in [5.74, 6) is 0.652. The van der Waals surface area contributed by atoms with Crippen molar-refractivity contribution >= 4 is 45.4 Å². The Bertz CT molecular complexity index is 1030. The maximum atomic E-state index is 12.3. The van der Waals surface area contributed by atoms with Crippen molar-refractivity contribution < 1.29 is 9.53 Å². The highest BCUT2D eigenvalue weighted by molar-refractivity contribution is 8.18. The molecule has 1 heterocycles. The maximum absolute atomic E-state index is 12.3. The fourth-order valence-corrected chi connectivity index (χ4v) is 3.58. The molecule has 0 atom stereocenters. The van der Waals surface area contributed by atoms with E-state index in [4.69, 9.17) is 4.74 Å². The van der Waals surface area contributed by atoms with Crippen molar-refractivity contribution in [3.05, 3.63) is 77.2 Å². The third kappa shape index (κ3) is 3.34. The number of amides is 1. The highest BCUT2D eigenvalue weighted by atomic mass is 32.2. The van der Waals surface area contributed by atoms with E-state index in [2.05, 4.69) is 22.4 Å². The normalized spacial score (nSPS) is 17.0. The number of nitrogens with zero attached hydrogens (tertiary/aromatic N) is 1. The minimum atomic E-state index is -0.134. The van der Waals surface area contributed by atoms with E-state index >= 15 is 0 Å². The van der Waals surface area contributed by atoms with Gasteiger partial charge in [-0.05, 0) is 47.0 Å². The van der Waals surface area contributed by atoms with E-state index < -0.39 is 0 Å². The highest BCUT2D eigenvalue weighted by Gasteiger charge is 2.23. The number of aliphatic imine (C=N–C) groups is 1. The quantitative estimate of drug-likeness (QED) is 0.687. The molecule has 5 heteroatoms. The zero-order valence-corrected chi connectivity index (χ0v) is 14.9. The summed E-state index contributed by atoms with van der Waals surface area (Å²) in [4.78, 5) is 17.5. The van der Waals surface area contributed by atoms with E-state index in [9.17, 15) is 4.79 Å². The smallest absolute Gasteiger partial charge is 0.264 e. The number of thioether (sulfide) groups is 1. The first kappa shape index (κ1) is 16.4. The van der Waals surface area contributed by atoms with Gasteiger partial charge in [0.25, 0.3) is 5.91 Å². The summed E-state index contributed by atoms with van der Waals surface area (Å²) in [5.41, 5.74) is 1.78. The summed E-state index contributed by atoms with van der Waals surface area (Å²) in [6, 6.07) is 21.6. The summed E-state index contributed by atoms with van der Waals surface area (Å²) in [7, 11) is 1.63. The molecule has 1 amide bonds. The Morgan fingerprint density at radius 3 is 2.58 bits per heavy atom. The second kappa shape index (κ2) is 7.06. The fraction of sp³-hybridized carbons (Fsp3) is 0.0476. The van der Waals surface area contributed by atoms with E-state index in [0.717, 1.165) is 27.8 Å². The molecule has 0 radical (unpaired) electrons. The Balaban J connectivity index is 1.62. The van der Waals surface area contributed by atoms with Gasteiger partial charge in [0, 0.05) is 5.39 Å². The molecule has 0 spiro atoms. The molecule has 1 aliphatic heterocycles. The molecular weight excluding hydrogens is 344 g/mol. The van der Waals surface area contributed by atoms with Crippen molar-refractivity contribution in [2.24, 2.45) is 4.99 Å². The van der Waals surface area contributed by atoms with Crippen LogP contribution in [0.2, 0.25) is 0 Å². The lowest BCUT2D eigenvalue weighted by Crippen LogP contribution is -2.19. The van der Waals surface area contributed by atoms with Gasteiger partial charge in [-0.2, -0.15) is 0 Å². The zero-order valence-electron chi connectivity index (χ0n) is 14.1. The summed E-state index contributed by atoms with van der Waals surface area (Å²) in [6.45, 7) is 0. The van der Waals surface area contributed by atoms with Gasteiger partial charge in [0.05, 0.1) is 17.7 Å². The fourth-order valence-electron chi connectivity index (χ4n) is 2.75. The van der Waals surface area contributed by atoms with Gasteiger partial charge in [0.2, 0.25) is 0 Å². The number of amidine groups is 1. The standard InChI is InChI=1S/C21H16N2O2S/c1-25-16-11-9-14(10-12-16)13-19-20(24)23-21(26-19)22-18-8-4-6-15-5-2-3-7-17(15)18/h2-13H,1H3,(H,22,23,24)/b19-13-. The Labute approximate surface area is 155 Å². The van der Waals surface area contributed by atoms with Crippen molar-refractivity contribution in [2.75, 3.05) is 7.11 Å². The van der Waals surface area contributed by atoms with E-state index in [0.29, 0.717) is 10.1 Å². The maximum Gasteiger partial charge on any atom is 0.264 e. The average molecular weight is 360 g/mol. The molecule has 0 aliphatic carbocycles. The lowest BCUT2D eigenvalue weighted by molar-refractivity contribution is -0.115. The van der Waals surface area contributed by atoms with Crippen LogP contribution in [0.1, 0.15) is 5.56 Å². The van der Waals surface area contributed by atoms with Crippen LogP contribution in [0.15, 0.2) is 76.6 Å². The molecule has 128 valence electrons. The predicted octanol–water partition coefficient (Wildman–Crippen LogP) is 4.74. The summed E-state index contributed by atoms with van der Waals surface area (Å²) in [6.07, 6.45) is 1.85. The second-order valence-electron chi connectivity index (χ2n) is 5.75. The first-order valence-corrected chi connectivity index (χ1v) is 8.96. The van der Waals surface area contributed by atoms with Crippen molar-refractivity contribution in [3.63, 3.8) is 0 Å². The topological polar surface area (TPSA) is 50.7 Å². The van der Waals surface area contributed by atoms with Crippen LogP contribution in [0.4, 0.5) is 5.69 Å². The lowest BCUT2D eigenvalue weighted by Gasteiger charge is -2.02. The van der Waals surface area contributed by atoms with Crippen LogP contribution in [-0.2, 0) is 4.79 Å². The molecule has 0 bridgehead atoms. The predicted molar refractivity (Wildman–Crippen MR) is 108 cm³/mol. The van der Waals surface area contributed by atoms with Crippen LogP contribution in [0.5, 0.6) is 5.75 Å². The van der Waals surface area contributed by atoms with Crippen LogP contribution in [0.3, 0.4) is 0 Å². The van der Waals surface area contributed by atoms with Crippen LogP contribution in [0.25, 0.3) is 16.8 Å².